The van der Waals surface area contributed by atoms with Gasteiger partial charge in [0.2, 0.25) is 0 Å². The second kappa shape index (κ2) is 6.01. The van der Waals surface area contributed by atoms with E-state index in [1.807, 2.05) is 6.20 Å². The van der Waals surface area contributed by atoms with E-state index in [1.54, 1.807) is 11.3 Å². The van der Waals surface area contributed by atoms with E-state index in [9.17, 15) is 0 Å². The molecule has 3 heterocycles. The van der Waals surface area contributed by atoms with Crippen molar-refractivity contribution in [3.63, 3.8) is 0 Å². The van der Waals surface area contributed by atoms with Crippen molar-refractivity contribution in [3.8, 4) is 10.8 Å². The maximum Gasteiger partial charge on any atom is 0.269 e. The third-order valence-corrected chi connectivity index (χ3v) is 4.26. The molecule has 108 valence electrons. The number of thiazole rings is 1. The van der Waals surface area contributed by atoms with Gasteiger partial charge in [0.15, 0.2) is 5.82 Å². The van der Waals surface area contributed by atoms with Crippen LogP contribution < -0.4 is 0 Å². The van der Waals surface area contributed by atoms with Gasteiger partial charge in [-0.2, -0.15) is 4.98 Å². The second-order valence-corrected chi connectivity index (χ2v) is 6.69. The van der Waals surface area contributed by atoms with Gasteiger partial charge in [-0.05, 0) is 18.8 Å². The summed E-state index contributed by atoms with van der Waals surface area (Å²) in [6.45, 7) is 5.23. The fourth-order valence-electron chi connectivity index (χ4n) is 2.30. The Kier molecular flexibility index (Phi) is 4.12. The van der Waals surface area contributed by atoms with Crippen LogP contribution in [0.3, 0.4) is 0 Å². The van der Waals surface area contributed by atoms with E-state index >= 15 is 0 Å². The lowest BCUT2D eigenvalue weighted by atomic mass is 10.1. The summed E-state index contributed by atoms with van der Waals surface area (Å²) in [5, 5.41) is 5.16. The Morgan fingerprint density at radius 1 is 1.45 bits per heavy atom. The Labute approximate surface area is 122 Å². The van der Waals surface area contributed by atoms with Crippen LogP contribution in [0.2, 0.25) is 0 Å². The third kappa shape index (κ3) is 3.24. The molecule has 0 amide bonds. The zero-order valence-corrected chi connectivity index (χ0v) is 12.7. The van der Waals surface area contributed by atoms with E-state index in [0.29, 0.717) is 11.8 Å². The van der Waals surface area contributed by atoms with Gasteiger partial charge in [-0.1, -0.05) is 19.0 Å². The average Bonchev–Trinajstić information content (AvgIpc) is 3.09. The number of rotatable bonds is 5. The standard InChI is InChI=1S/C14H19N3O2S/c1-9(2)6-13-15-8-11(20-13)14-16-12(17-19-14)7-10-4-3-5-18-10/h8-10H,3-7H2,1-2H3. The van der Waals surface area contributed by atoms with E-state index < -0.39 is 0 Å². The molecule has 0 spiro atoms. The monoisotopic (exact) mass is 293 g/mol. The molecule has 0 N–H and O–H groups in total. The maximum atomic E-state index is 5.59. The summed E-state index contributed by atoms with van der Waals surface area (Å²) < 4.78 is 10.9. The molecule has 0 saturated carbocycles. The van der Waals surface area contributed by atoms with Gasteiger partial charge >= 0.3 is 0 Å². The topological polar surface area (TPSA) is 61.0 Å². The van der Waals surface area contributed by atoms with Gasteiger partial charge in [-0.25, -0.2) is 4.98 Å². The quantitative estimate of drug-likeness (QED) is 0.847. The molecule has 0 aromatic carbocycles. The van der Waals surface area contributed by atoms with Crippen LogP contribution in [0.25, 0.3) is 10.8 Å². The largest absolute Gasteiger partial charge is 0.378 e. The van der Waals surface area contributed by atoms with Gasteiger partial charge < -0.3 is 9.26 Å². The van der Waals surface area contributed by atoms with Crippen molar-refractivity contribution < 1.29 is 9.26 Å². The highest BCUT2D eigenvalue weighted by Crippen LogP contribution is 2.26. The highest BCUT2D eigenvalue weighted by atomic mass is 32.1. The Morgan fingerprint density at radius 3 is 3.10 bits per heavy atom. The number of hydrogen-bond donors (Lipinski definition) is 0. The summed E-state index contributed by atoms with van der Waals surface area (Å²) in [6.07, 6.45) is 6.01. The Balaban J connectivity index is 1.67. The molecular weight excluding hydrogens is 274 g/mol. The first-order chi connectivity index (χ1) is 9.70. The van der Waals surface area contributed by atoms with Crippen LogP contribution in [0, 0.1) is 5.92 Å². The van der Waals surface area contributed by atoms with Crippen LogP contribution in [0.1, 0.15) is 37.5 Å². The molecule has 1 unspecified atom stereocenters. The van der Waals surface area contributed by atoms with Gasteiger partial charge in [-0.15, -0.1) is 11.3 Å². The van der Waals surface area contributed by atoms with Crippen molar-refractivity contribution in [2.75, 3.05) is 6.61 Å². The Hall–Kier alpha value is -1.27. The highest BCUT2D eigenvalue weighted by molar-refractivity contribution is 7.15. The van der Waals surface area contributed by atoms with Crippen molar-refractivity contribution in [1.82, 2.24) is 15.1 Å². The highest BCUT2D eigenvalue weighted by Gasteiger charge is 2.20. The molecule has 6 heteroatoms. The maximum absolute atomic E-state index is 5.59. The number of ether oxygens (including phenoxy) is 1. The first-order valence-corrected chi connectivity index (χ1v) is 7.91. The lowest BCUT2D eigenvalue weighted by Crippen LogP contribution is -2.09. The predicted octanol–water partition coefficient (Wildman–Crippen LogP) is 3.11. The predicted molar refractivity (Wildman–Crippen MR) is 76.6 cm³/mol. The first kappa shape index (κ1) is 13.7. The zero-order chi connectivity index (χ0) is 13.9. The van der Waals surface area contributed by atoms with Gasteiger partial charge in [0.1, 0.15) is 4.88 Å². The molecule has 1 aliphatic heterocycles. The molecule has 1 fully saturated rings. The molecular formula is C14H19N3O2S. The van der Waals surface area contributed by atoms with E-state index in [4.69, 9.17) is 9.26 Å². The van der Waals surface area contributed by atoms with Gasteiger partial charge in [0.05, 0.1) is 17.3 Å². The second-order valence-electron chi connectivity index (χ2n) is 5.57. The van der Waals surface area contributed by atoms with Crippen LogP contribution in [0.5, 0.6) is 0 Å². The number of hydrogen-bond acceptors (Lipinski definition) is 6. The summed E-state index contributed by atoms with van der Waals surface area (Å²) in [5.74, 6) is 1.91. The summed E-state index contributed by atoms with van der Waals surface area (Å²) in [7, 11) is 0. The van der Waals surface area contributed by atoms with E-state index in [-0.39, 0.29) is 6.10 Å². The number of aromatic nitrogens is 3. The van der Waals surface area contributed by atoms with Crippen molar-refractivity contribution in [1.29, 1.82) is 0 Å². The van der Waals surface area contributed by atoms with Crippen molar-refractivity contribution >= 4 is 11.3 Å². The van der Waals surface area contributed by atoms with Crippen molar-refractivity contribution in [3.05, 3.63) is 17.0 Å². The Bertz CT molecular complexity index is 558. The summed E-state index contributed by atoms with van der Waals surface area (Å²) >= 11 is 1.63. The lowest BCUT2D eigenvalue weighted by molar-refractivity contribution is 0.109. The van der Waals surface area contributed by atoms with E-state index in [0.717, 1.165) is 48.0 Å². The first-order valence-electron chi connectivity index (χ1n) is 7.10. The molecule has 1 aliphatic rings. The fraction of sp³-hybridized carbons (Fsp3) is 0.643. The van der Waals surface area contributed by atoms with Crippen molar-refractivity contribution in [2.45, 2.75) is 45.6 Å². The van der Waals surface area contributed by atoms with Crippen molar-refractivity contribution in [2.24, 2.45) is 5.92 Å². The average molecular weight is 293 g/mol. The van der Waals surface area contributed by atoms with E-state index in [2.05, 4.69) is 29.0 Å². The number of nitrogens with zero attached hydrogens (tertiary/aromatic N) is 3. The minimum atomic E-state index is 0.249. The molecule has 0 radical (unpaired) electrons. The molecule has 0 aliphatic carbocycles. The van der Waals surface area contributed by atoms with Gasteiger partial charge in [0.25, 0.3) is 5.89 Å². The molecule has 1 saturated heterocycles. The van der Waals surface area contributed by atoms with E-state index in [1.165, 1.54) is 0 Å². The summed E-state index contributed by atoms with van der Waals surface area (Å²) in [6, 6.07) is 0. The summed E-state index contributed by atoms with van der Waals surface area (Å²) in [5.41, 5.74) is 0. The molecule has 3 rings (SSSR count). The van der Waals surface area contributed by atoms with Crippen LogP contribution in [0.4, 0.5) is 0 Å². The van der Waals surface area contributed by atoms with Crippen LogP contribution >= 0.6 is 11.3 Å². The van der Waals surface area contributed by atoms with Crippen LogP contribution in [-0.4, -0.2) is 27.8 Å². The molecule has 20 heavy (non-hydrogen) atoms. The van der Waals surface area contributed by atoms with Gasteiger partial charge in [0, 0.05) is 19.4 Å². The lowest BCUT2D eigenvalue weighted by Gasteiger charge is -2.03. The minimum Gasteiger partial charge on any atom is -0.378 e. The SMILES string of the molecule is CC(C)Cc1ncc(-c2nc(CC3CCCO3)no2)s1. The fourth-order valence-corrected chi connectivity index (χ4v) is 3.35. The smallest absolute Gasteiger partial charge is 0.269 e. The molecule has 2 aromatic rings. The third-order valence-electron chi connectivity index (χ3n) is 3.25. The Morgan fingerprint density at radius 2 is 2.35 bits per heavy atom. The molecule has 5 nitrogen and oxygen atoms in total. The van der Waals surface area contributed by atoms with Crippen LogP contribution in [0.15, 0.2) is 10.7 Å². The molecule has 2 aromatic heterocycles. The summed E-state index contributed by atoms with van der Waals surface area (Å²) in [4.78, 5) is 9.81. The van der Waals surface area contributed by atoms with Crippen LogP contribution in [-0.2, 0) is 17.6 Å². The van der Waals surface area contributed by atoms with Gasteiger partial charge in [-0.3, -0.25) is 0 Å². The molecule has 0 bridgehead atoms. The zero-order valence-electron chi connectivity index (χ0n) is 11.8. The molecule has 1 atom stereocenters. The normalized spacial score (nSPS) is 19.1. The minimum absolute atomic E-state index is 0.249.